The predicted molar refractivity (Wildman–Crippen MR) is 126 cm³/mol. The molecule has 0 saturated carbocycles. The number of hydrogen-bond donors (Lipinski definition) is 0. The van der Waals surface area contributed by atoms with E-state index in [-0.39, 0.29) is 12.4 Å². The van der Waals surface area contributed by atoms with Crippen molar-refractivity contribution in [3.8, 4) is 11.3 Å². The molecule has 0 radical (unpaired) electrons. The number of methoxy groups -OCH3 is 1. The summed E-state index contributed by atoms with van der Waals surface area (Å²) in [5.74, 6) is 0.972. The molecule has 1 fully saturated rings. The van der Waals surface area contributed by atoms with E-state index in [9.17, 15) is 0 Å². The zero-order valence-corrected chi connectivity index (χ0v) is 19.3. The highest BCUT2D eigenvalue weighted by Crippen LogP contribution is 2.28. The molecule has 3 heterocycles. The highest BCUT2D eigenvalue weighted by molar-refractivity contribution is 5.85. The lowest BCUT2D eigenvalue weighted by atomic mass is 10.1. The number of piperazine rings is 1. The number of benzene rings is 1. The van der Waals surface area contributed by atoms with Gasteiger partial charge in [0.1, 0.15) is 5.69 Å². The van der Waals surface area contributed by atoms with Gasteiger partial charge in [-0.05, 0) is 18.9 Å². The molecule has 0 amide bonds. The van der Waals surface area contributed by atoms with E-state index in [1.807, 2.05) is 17.9 Å². The molecule has 0 N–H and O–H groups in total. The fourth-order valence-corrected chi connectivity index (χ4v) is 3.87. The number of ether oxygens (including phenoxy) is 1. The van der Waals surface area contributed by atoms with E-state index in [4.69, 9.17) is 4.74 Å². The summed E-state index contributed by atoms with van der Waals surface area (Å²) < 4.78 is 7.12. The molecule has 0 unspecified atom stereocenters. The smallest absolute Gasteiger partial charge is 0.155 e. The predicted octanol–water partition coefficient (Wildman–Crippen LogP) is 3.12. The Bertz CT molecular complexity index is 966. The van der Waals surface area contributed by atoms with Gasteiger partial charge < -0.3 is 9.64 Å². The molecule has 0 spiro atoms. The minimum absolute atomic E-state index is 0. The standard InChI is InChI=1S/C23H30N6O.ClH/c1-18-21(16-26-27(18)2)17-28-11-13-29(14-12-28)23-22(24-9-10-25-23)20-6-4-19(5-7-20)8-15-30-3;/h4-7,9-10,16H,8,11-15,17H2,1-3H3;1H. The minimum atomic E-state index is 0. The van der Waals surface area contributed by atoms with Crippen LogP contribution < -0.4 is 4.90 Å². The molecule has 3 aromatic rings. The van der Waals surface area contributed by atoms with E-state index in [1.165, 1.54) is 16.8 Å². The summed E-state index contributed by atoms with van der Waals surface area (Å²) >= 11 is 0. The first kappa shape index (κ1) is 23.2. The SMILES string of the molecule is COCCc1ccc(-c2nccnc2N2CCN(Cc3cnn(C)c3C)CC2)cc1.Cl. The largest absolute Gasteiger partial charge is 0.384 e. The van der Waals surface area contributed by atoms with Gasteiger partial charge in [0.05, 0.1) is 12.8 Å². The number of anilines is 1. The second-order valence-electron chi connectivity index (χ2n) is 7.81. The maximum absolute atomic E-state index is 5.18. The monoisotopic (exact) mass is 442 g/mol. The van der Waals surface area contributed by atoms with Crippen molar-refractivity contribution in [2.45, 2.75) is 19.9 Å². The molecule has 1 aliphatic heterocycles. The molecule has 2 aromatic heterocycles. The number of aryl methyl sites for hydroxylation is 1. The number of halogens is 1. The Kier molecular flexibility index (Phi) is 8.01. The van der Waals surface area contributed by atoms with Crippen LogP contribution in [0.3, 0.4) is 0 Å². The summed E-state index contributed by atoms with van der Waals surface area (Å²) in [7, 11) is 3.73. The van der Waals surface area contributed by atoms with Gasteiger partial charge in [0, 0.05) is 76.1 Å². The summed E-state index contributed by atoms with van der Waals surface area (Å²) in [6, 6.07) is 8.59. The van der Waals surface area contributed by atoms with E-state index in [2.05, 4.69) is 56.1 Å². The number of nitrogens with zero attached hydrogens (tertiary/aromatic N) is 6. The van der Waals surface area contributed by atoms with E-state index in [0.29, 0.717) is 0 Å². The lowest BCUT2D eigenvalue weighted by molar-refractivity contribution is 0.202. The molecule has 31 heavy (non-hydrogen) atoms. The summed E-state index contributed by atoms with van der Waals surface area (Å²) in [5.41, 5.74) is 5.87. The first-order valence-corrected chi connectivity index (χ1v) is 10.5. The lowest BCUT2D eigenvalue weighted by Crippen LogP contribution is -2.46. The Hall–Kier alpha value is -2.48. The molecule has 1 saturated heterocycles. The van der Waals surface area contributed by atoms with Gasteiger partial charge in [-0.1, -0.05) is 24.3 Å². The van der Waals surface area contributed by atoms with Crippen molar-refractivity contribution >= 4 is 18.2 Å². The quantitative estimate of drug-likeness (QED) is 0.560. The van der Waals surface area contributed by atoms with Gasteiger partial charge in [0.2, 0.25) is 0 Å². The Morgan fingerprint density at radius 2 is 1.71 bits per heavy atom. The third-order valence-electron chi connectivity index (χ3n) is 5.90. The van der Waals surface area contributed by atoms with E-state index in [0.717, 1.165) is 62.8 Å². The molecule has 0 bridgehead atoms. The van der Waals surface area contributed by atoms with Crippen LogP contribution in [0.1, 0.15) is 16.8 Å². The molecule has 4 rings (SSSR count). The highest BCUT2D eigenvalue weighted by atomic mass is 35.5. The first-order valence-electron chi connectivity index (χ1n) is 10.5. The van der Waals surface area contributed by atoms with Gasteiger partial charge in [-0.25, -0.2) is 4.98 Å². The van der Waals surface area contributed by atoms with Crippen molar-refractivity contribution in [2.24, 2.45) is 7.05 Å². The topological polar surface area (TPSA) is 59.3 Å². The van der Waals surface area contributed by atoms with Crippen molar-refractivity contribution in [3.05, 3.63) is 59.7 Å². The maximum Gasteiger partial charge on any atom is 0.155 e. The zero-order valence-electron chi connectivity index (χ0n) is 18.5. The number of rotatable bonds is 7. The molecule has 0 atom stereocenters. The van der Waals surface area contributed by atoms with Crippen LogP contribution in [0, 0.1) is 6.92 Å². The second kappa shape index (κ2) is 10.7. The van der Waals surface area contributed by atoms with Crippen molar-refractivity contribution in [1.29, 1.82) is 0 Å². The van der Waals surface area contributed by atoms with Gasteiger partial charge in [-0.2, -0.15) is 5.10 Å². The van der Waals surface area contributed by atoms with E-state index < -0.39 is 0 Å². The molecule has 1 aliphatic rings. The molecule has 1 aromatic carbocycles. The van der Waals surface area contributed by atoms with Crippen molar-refractivity contribution < 1.29 is 4.74 Å². The van der Waals surface area contributed by atoms with Gasteiger partial charge in [0.25, 0.3) is 0 Å². The van der Waals surface area contributed by atoms with E-state index >= 15 is 0 Å². The molecular formula is C23H31ClN6O. The van der Waals surface area contributed by atoms with Crippen LogP contribution in [0.4, 0.5) is 5.82 Å². The Morgan fingerprint density at radius 1 is 1.00 bits per heavy atom. The average molecular weight is 443 g/mol. The van der Waals surface area contributed by atoms with Gasteiger partial charge in [0.15, 0.2) is 5.82 Å². The van der Waals surface area contributed by atoms with Gasteiger partial charge in [-0.15, -0.1) is 12.4 Å². The normalized spacial score (nSPS) is 14.5. The van der Waals surface area contributed by atoms with Crippen LogP contribution in [-0.4, -0.2) is 64.5 Å². The molecule has 0 aliphatic carbocycles. The van der Waals surface area contributed by atoms with E-state index in [1.54, 1.807) is 19.5 Å². The summed E-state index contributed by atoms with van der Waals surface area (Å²) in [4.78, 5) is 14.2. The average Bonchev–Trinajstić information content (AvgIpc) is 3.11. The Morgan fingerprint density at radius 3 is 2.35 bits per heavy atom. The zero-order chi connectivity index (χ0) is 20.9. The van der Waals surface area contributed by atoms with Crippen LogP contribution in [0.5, 0.6) is 0 Å². The first-order chi connectivity index (χ1) is 14.7. The van der Waals surface area contributed by atoms with Crippen LogP contribution >= 0.6 is 12.4 Å². The summed E-state index contributed by atoms with van der Waals surface area (Å²) in [5, 5.41) is 4.37. The summed E-state index contributed by atoms with van der Waals surface area (Å²) in [6.07, 6.45) is 6.47. The van der Waals surface area contributed by atoms with Crippen LogP contribution in [-0.2, 0) is 24.8 Å². The van der Waals surface area contributed by atoms with Crippen molar-refractivity contribution in [1.82, 2.24) is 24.6 Å². The molecule has 8 heteroatoms. The Balaban J connectivity index is 0.00000272. The lowest BCUT2D eigenvalue weighted by Gasteiger charge is -2.35. The maximum atomic E-state index is 5.18. The van der Waals surface area contributed by atoms with Crippen LogP contribution in [0.15, 0.2) is 42.9 Å². The Labute approximate surface area is 190 Å². The fraction of sp³-hybridized carbons (Fsp3) is 0.435. The fourth-order valence-electron chi connectivity index (χ4n) is 3.87. The third kappa shape index (κ3) is 5.42. The molecule has 7 nitrogen and oxygen atoms in total. The highest BCUT2D eigenvalue weighted by Gasteiger charge is 2.22. The third-order valence-corrected chi connectivity index (χ3v) is 5.90. The van der Waals surface area contributed by atoms with Crippen LogP contribution in [0.25, 0.3) is 11.3 Å². The minimum Gasteiger partial charge on any atom is -0.384 e. The van der Waals surface area contributed by atoms with Crippen molar-refractivity contribution in [3.63, 3.8) is 0 Å². The number of hydrogen-bond acceptors (Lipinski definition) is 6. The van der Waals surface area contributed by atoms with Gasteiger partial charge in [-0.3, -0.25) is 14.6 Å². The molecular weight excluding hydrogens is 412 g/mol. The van der Waals surface area contributed by atoms with Gasteiger partial charge >= 0.3 is 0 Å². The summed E-state index contributed by atoms with van der Waals surface area (Å²) in [6.45, 7) is 7.70. The van der Waals surface area contributed by atoms with Crippen molar-refractivity contribution in [2.75, 3.05) is 44.8 Å². The number of aromatic nitrogens is 4. The van der Waals surface area contributed by atoms with Crippen LogP contribution in [0.2, 0.25) is 0 Å². The second-order valence-corrected chi connectivity index (χ2v) is 7.81. The molecule has 166 valence electrons.